The summed E-state index contributed by atoms with van der Waals surface area (Å²) in [6, 6.07) is 11.9. The van der Waals surface area contributed by atoms with E-state index < -0.39 is 12.1 Å². The number of hydrogen-bond donors (Lipinski definition) is 0. The average Bonchev–Trinajstić information content (AvgIpc) is 2.82. The summed E-state index contributed by atoms with van der Waals surface area (Å²) in [5, 5.41) is 1.67. The Balaban J connectivity index is 2.09. The SMILES string of the molecule is CN(C(=O)C(F)(F)F)c1ccc2c(c1)oc1ccccc12. The van der Waals surface area contributed by atoms with E-state index in [1.807, 2.05) is 18.2 Å². The predicted octanol–water partition coefficient (Wildman–Crippen LogP) is 4.11. The van der Waals surface area contributed by atoms with Crippen molar-refractivity contribution in [3.63, 3.8) is 0 Å². The first-order chi connectivity index (χ1) is 9.88. The van der Waals surface area contributed by atoms with Gasteiger partial charge in [-0.3, -0.25) is 4.79 Å². The molecule has 108 valence electrons. The number of amides is 1. The van der Waals surface area contributed by atoms with Gasteiger partial charge in [0.2, 0.25) is 0 Å². The van der Waals surface area contributed by atoms with Gasteiger partial charge in [-0.25, -0.2) is 0 Å². The fourth-order valence-corrected chi connectivity index (χ4v) is 2.23. The molecule has 0 N–H and O–H groups in total. The summed E-state index contributed by atoms with van der Waals surface area (Å²) >= 11 is 0. The van der Waals surface area contributed by atoms with E-state index in [2.05, 4.69) is 0 Å². The van der Waals surface area contributed by atoms with E-state index in [0.717, 1.165) is 17.8 Å². The number of para-hydroxylation sites is 1. The number of rotatable bonds is 1. The molecule has 1 heterocycles. The summed E-state index contributed by atoms with van der Waals surface area (Å²) in [5.41, 5.74) is 1.22. The molecule has 1 aromatic heterocycles. The summed E-state index contributed by atoms with van der Waals surface area (Å²) in [6.07, 6.45) is -4.91. The molecule has 0 bridgehead atoms. The number of hydrogen-bond acceptors (Lipinski definition) is 2. The molecule has 3 rings (SSSR count). The van der Waals surface area contributed by atoms with Crippen molar-refractivity contribution < 1.29 is 22.4 Å². The highest BCUT2D eigenvalue weighted by Crippen LogP contribution is 2.32. The zero-order chi connectivity index (χ0) is 15.2. The third-order valence-corrected chi connectivity index (χ3v) is 3.30. The van der Waals surface area contributed by atoms with Crippen LogP contribution in [0.1, 0.15) is 0 Å². The maximum absolute atomic E-state index is 12.5. The van der Waals surface area contributed by atoms with Crippen LogP contribution >= 0.6 is 0 Å². The Labute approximate surface area is 117 Å². The van der Waals surface area contributed by atoms with Crippen molar-refractivity contribution in [2.75, 3.05) is 11.9 Å². The van der Waals surface area contributed by atoms with Crippen LogP contribution in [0.4, 0.5) is 18.9 Å². The van der Waals surface area contributed by atoms with Crippen LogP contribution in [0, 0.1) is 0 Å². The maximum atomic E-state index is 12.5. The minimum Gasteiger partial charge on any atom is -0.456 e. The fourth-order valence-electron chi connectivity index (χ4n) is 2.23. The first-order valence-corrected chi connectivity index (χ1v) is 6.14. The lowest BCUT2D eigenvalue weighted by atomic mass is 10.1. The highest BCUT2D eigenvalue weighted by atomic mass is 19.4. The Morgan fingerprint density at radius 3 is 2.43 bits per heavy atom. The highest BCUT2D eigenvalue weighted by molar-refractivity contribution is 6.06. The Kier molecular flexibility index (Phi) is 2.90. The molecule has 0 aliphatic carbocycles. The molecule has 0 fully saturated rings. The van der Waals surface area contributed by atoms with E-state index >= 15 is 0 Å². The summed E-state index contributed by atoms with van der Waals surface area (Å²) < 4.78 is 42.9. The van der Waals surface area contributed by atoms with Gasteiger partial charge >= 0.3 is 12.1 Å². The van der Waals surface area contributed by atoms with E-state index in [9.17, 15) is 18.0 Å². The Bertz CT molecular complexity index is 836. The van der Waals surface area contributed by atoms with Gasteiger partial charge in [0.15, 0.2) is 0 Å². The smallest absolute Gasteiger partial charge is 0.456 e. The highest BCUT2D eigenvalue weighted by Gasteiger charge is 2.41. The molecule has 0 aliphatic rings. The van der Waals surface area contributed by atoms with Gasteiger partial charge in [-0.1, -0.05) is 18.2 Å². The van der Waals surface area contributed by atoms with Crippen LogP contribution in [0.5, 0.6) is 0 Å². The van der Waals surface area contributed by atoms with Crippen molar-refractivity contribution in [3.05, 3.63) is 42.5 Å². The van der Waals surface area contributed by atoms with Crippen LogP contribution in [0.3, 0.4) is 0 Å². The maximum Gasteiger partial charge on any atom is 0.471 e. The van der Waals surface area contributed by atoms with Gasteiger partial charge in [-0.15, -0.1) is 0 Å². The second-order valence-electron chi connectivity index (χ2n) is 4.64. The van der Waals surface area contributed by atoms with Crippen LogP contribution < -0.4 is 4.90 Å². The molecule has 0 spiro atoms. The molecule has 0 saturated heterocycles. The molecule has 3 aromatic rings. The van der Waals surface area contributed by atoms with Crippen LogP contribution in [0.2, 0.25) is 0 Å². The molecule has 0 saturated carbocycles. The number of benzene rings is 2. The van der Waals surface area contributed by atoms with Crippen molar-refractivity contribution in [1.29, 1.82) is 0 Å². The van der Waals surface area contributed by atoms with Gasteiger partial charge in [0, 0.05) is 29.6 Å². The summed E-state index contributed by atoms with van der Waals surface area (Å²) in [7, 11) is 1.08. The first kappa shape index (κ1) is 13.5. The van der Waals surface area contributed by atoms with E-state index in [-0.39, 0.29) is 5.69 Å². The largest absolute Gasteiger partial charge is 0.471 e. The molecule has 2 aromatic carbocycles. The second kappa shape index (κ2) is 4.51. The van der Waals surface area contributed by atoms with Crippen LogP contribution in [-0.2, 0) is 4.79 Å². The van der Waals surface area contributed by atoms with E-state index in [4.69, 9.17) is 4.42 Å². The van der Waals surface area contributed by atoms with Crippen LogP contribution in [0.25, 0.3) is 21.9 Å². The summed E-state index contributed by atoms with van der Waals surface area (Å²) in [4.78, 5) is 11.8. The molecular formula is C15H10F3NO2. The number of anilines is 1. The quantitative estimate of drug-likeness (QED) is 0.676. The van der Waals surface area contributed by atoms with Crippen molar-refractivity contribution in [3.8, 4) is 0 Å². The average molecular weight is 293 g/mol. The normalized spacial score (nSPS) is 12.0. The van der Waals surface area contributed by atoms with Gasteiger partial charge in [0.05, 0.1) is 0 Å². The number of fused-ring (bicyclic) bond motifs is 3. The number of halogens is 3. The third kappa shape index (κ3) is 2.22. The van der Waals surface area contributed by atoms with Gasteiger partial charge < -0.3 is 9.32 Å². The number of carbonyl (C=O) groups excluding carboxylic acids is 1. The molecule has 6 heteroatoms. The van der Waals surface area contributed by atoms with Gasteiger partial charge in [-0.05, 0) is 18.2 Å². The Morgan fingerprint density at radius 1 is 1.05 bits per heavy atom. The molecule has 1 amide bonds. The zero-order valence-electron chi connectivity index (χ0n) is 10.9. The molecule has 0 radical (unpaired) electrons. The topological polar surface area (TPSA) is 33.5 Å². The van der Waals surface area contributed by atoms with Gasteiger partial charge in [-0.2, -0.15) is 13.2 Å². The van der Waals surface area contributed by atoms with Crippen molar-refractivity contribution in [2.24, 2.45) is 0 Å². The lowest BCUT2D eigenvalue weighted by molar-refractivity contribution is -0.170. The molecule has 0 unspecified atom stereocenters. The minimum absolute atomic E-state index is 0.129. The number of furan rings is 1. The van der Waals surface area contributed by atoms with Crippen LogP contribution in [0.15, 0.2) is 46.9 Å². The van der Waals surface area contributed by atoms with Gasteiger partial charge in [0.1, 0.15) is 11.2 Å². The monoisotopic (exact) mass is 293 g/mol. The Hall–Kier alpha value is -2.50. The Morgan fingerprint density at radius 2 is 1.71 bits per heavy atom. The molecule has 3 nitrogen and oxygen atoms in total. The summed E-state index contributed by atoms with van der Waals surface area (Å²) in [6.45, 7) is 0. The first-order valence-electron chi connectivity index (χ1n) is 6.14. The summed E-state index contributed by atoms with van der Waals surface area (Å²) in [5.74, 6) is -1.92. The van der Waals surface area contributed by atoms with E-state index in [1.165, 1.54) is 12.1 Å². The number of nitrogens with zero attached hydrogens (tertiary/aromatic N) is 1. The zero-order valence-corrected chi connectivity index (χ0v) is 10.9. The molecular weight excluding hydrogens is 283 g/mol. The third-order valence-electron chi connectivity index (χ3n) is 3.30. The number of carbonyl (C=O) groups is 1. The van der Waals surface area contributed by atoms with E-state index in [0.29, 0.717) is 16.1 Å². The molecule has 0 aliphatic heterocycles. The lowest BCUT2D eigenvalue weighted by Gasteiger charge is -2.18. The second-order valence-corrected chi connectivity index (χ2v) is 4.64. The minimum atomic E-state index is -4.91. The van der Waals surface area contributed by atoms with Crippen molar-refractivity contribution in [1.82, 2.24) is 0 Å². The van der Waals surface area contributed by atoms with E-state index in [1.54, 1.807) is 12.1 Å². The van der Waals surface area contributed by atoms with Crippen LogP contribution in [-0.4, -0.2) is 19.1 Å². The number of alkyl halides is 3. The molecule has 0 atom stereocenters. The molecule has 21 heavy (non-hydrogen) atoms. The van der Waals surface area contributed by atoms with Crippen molar-refractivity contribution >= 4 is 33.5 Å². The lowest BCUT2D eigenvalue weighted by Crippen LogP contribution is -2.38. The van der Waals surface area contributed by atoms with Crippen molar-refractivity contribution in [2.45, 2.75) is 6.18 Å². The predicted molar refractivity (Wildman–Crippen MR) is 73.2 cm³/mol. The fraction of sp³-hybridized carbons (Fsp3) is 0.133. The standard InChI is InChI=1S/C15H10F3NO2/c1-19(14(20)15(16,17)18)9-6-7-11-10-4-2-3-5-12(10)21-13(11)8-9/h2-8H,1H3. The van der Waals surface area contributed by atoms with Gasteiger partial charge in [0.25, 0.3) is 0 Å².